The van der Waals surface area contributed by atoms with Crippen molar-refractivity contribution in [2.45, 2.75) is 64.7 Å². The summed E-state index contributed by atoms with van der Waals surface area (Å²) in [6, 6.07) is 6.97. The van der Waals surface area contributed by atoms with Crippen LogP contribution >= 0.6 is 11.8 Å². The lowest BCUT2D eigenvalue weighted by Gasteiger charge is -2.35. The van der Waals surface area contributed by atoms with Crippen LogP contribution in [0.5, 0.6) is 0 Å². The molecule has 1 aromatic carbocycles. The maximum Gasteiger partial charge on any atom is 0.242 e. The standard InChI is InChI=1S/C21H28N2O4S2/c24-16-4-13-23-20(25)21(11-14-22-15-12-21)29(26,27)19-9-7-18(8-10-19)28-17-5-2-1-3-6-17/h4,7-10,17,22H,1-3,5-6,11-15H2,(H,23,25). The molecule has 0 bridgehead atoms. The van der Waals surface area contributed by atoms with Gasteiger partial charge in [0.25, 0.3) is 0 Å². The van der Waals surface area contributed by atoms with Crippen LogP contribution in [0.2, 0.25) is 0 Å². The average molecular weight is 437 g/mol. The smallest absolute Gasteiger partial charge is 0.242 e. The SMILES string of the molecule is O=C=CCNC(=O)C1(S(=O)(=O)c2ccc(SC3CCCCC3)cc2)CCNCC1. The molecule has 2 N–H and O–H groups in total. The van der Waals surface area contributed by atoms with Crippen molar-refractivity contribution in [2.24, 2.45) is 0 Å². The highest BCUT2D eigenvalue weighted by Crippen LogP contribution is 2.37. The number of nitrogens with one attached hydrogen (secondary N) is 2. The summed E-state index contributed by atoms with van der Waals surface area (Å²) in [7, 11) is -3.88. The van der Waals surface area contributed by atoms with Crippen molar-refractivity contribution in [3.05, 3.63) is 30.3 Å². The molecule has 2 aliphatic rings. The fourth-order valence-electron chi connectivity index (χ4n) is 4.09. The Morgan fingerprint density at radius 3 is 2.45 bits per heavy atom. The van der Waals surface area contributed by atoms with Gasteiger partial charge in [0.15, 0.2) is 14.6 Å². The molecule has 1 saturated carbocycles. The lowest BCUT2D eigenvalue weighted by molar-refractivity contribution is -0.124. The van der Waals surface area contributed by atoms with Crippen LogP contribution in [0.15, 0.2) is 40.1 Å². The maximum atomic E-state index is 13.5. The average Bonchev–Trinajstić information content (AvgIpc) is 2.75. The lowest BCUT2D eigenvalue weighted by Crippen LogP contribution is -2.57. The van der Waals surface area contributed by atoms with Crippen molar-refractivity contribution in [3.8, 4) is 0 Å². The molecular formula is C21H28N2O4S2. The molecule has 3 rings (SSSR count). The normalized spacial score (nSPS) is 19.9. The second-order valence-corrected chi connectivity index (χ2v) is 11.3. The number of carbonyl (C=O) groups is 1. The van der Waals surface area contributed by atoms with Gasteiger partial charge in [-0.05, 0) is 63.0 Å². The highest BCUT2D eigenvalue weighted by Gasteiger charge is 2.51. The fraction of sp³-hybridized carbons (Fsp3) is 0.571. The summed E-state index contributed by atoms with van der Waals surface area (Å²) in [5.74, 6) is 1.04. The molecule has 1 aliphatic heterocycles. The van der Waals surface area contributed by atoms with Crippen molar-refractivity contribution in [1.29, 1.82) is 0 Å². The van der Waals surface area contributed by atoms with Crippen molar-refractivity contribution in [1.82, 2.24) is 10.6 Å². The minimum absolute atomic E-state index is 0.0238. The zero-order chi connectivity index (χ0) is 20.7. The monoisotopic (exact) mass is 436 g/mol. The van der Waals surface area contributed by atoms with Crippen molar-refractivity contribution in [3.63, 3.8) is 0 Å². The zero-order valence-electron chi connectivity index (χ0n) is 16.5. The Morgan fingerprint density at radius 2 is 1.83 bits per heavy atom. The molecule has 1 heterocycles. The van der Waals surface area contributed by atoms with Crippen molar-refractivity contribution >= 4 is 33.4 Å². The summed E-state index contributed by atoms with van der Waals surface area (Å²) >= 11 is 1.81. The zero-order valence-corrected chi connectivity index (χ0v) is 18.1. The van der Waals surface area contributed by atoms with E-state index in [4.69, 9.17) is 0 Å². The minimum Gasteiger partial charge on any atom is -0.350 e. The first-order valence-corrected chi connectivity index (χ1v) is 12.6. The van der Waals surface area contributed by atoms with Gasteiger partial charge in [0.2, 0.25) is 5.91 Å². The Bertz CT molecular complexity index is 849. The van der Waals surface area contributed by atoms with Gasteiger partial charge in [-0.2, -0.15) is 0 Å². The molecule has 2 fully saturated rings. The fourth-order valence-corrected chi connectivity index (χ4v) is 7.34. The van der Waals surface area contributed by atoms with Gasteiger partial charge in [-0.25, -0.2) is 13.2 Å². The summed E-state index contributed by atoms with van der Waals surface area (Å²) in [5.41, 5.74) is 0. The van der Waals surface area contributed by atoms with Crippen LogP contribution in [-0.4, -0.2) is 49.9 Å². The van der Waals surface area contributed by atoms with E-state index in [1.54, 1.807) is 18.1 Å². The Morgan fingerprint density at radius 1 is 1.17 bits per heavy atom. The van der Waals surface area contributed by atoms with E-state index < -0.39 is 20.5 Å². The Hall–Kier alpha value is -1.60. The Kier molecular flexibility index (Phi) is 7.57. The molecule has 1 aliphatic carbocycles. The molecule has 0 spiro atoms. The van der Waals surface area contributed by atoms with Gasteiger partial charge in [-0.3, -0.25) is 4.79 Å². The van der Waals surface area contributed by atoms with Gasteiger partial charge in [0.05, 0.1) is 4.90 Å². The van der Waals surface area contributed by atoms with E-state index >= 15 is 0 Å². The second-order valence-electron chi connectivity index (χ2n) is 7.63. The van der Waals surface area contributed by atoms with Gasteiger partial charge in [0, 0.05) is 22.8 Å². The van der Waals surface area contributed by atoms with Crippen molar-refractivity contribution in [2.75, 3.05) is 19.6 Å². The molecule has 29 heavy (non-hydrogen) atoms. The van der Waals surface area contributed by atoms with Crippen LogP contribution in [0.1, 0.15) is 44.9 Å². The Balaban J connectivity index is 1.81. The number of rotatable bonds is 7. The van der Waals surface area contributed by atoms with E-state index in [1.165, 1.54) is 32.1 Å². The molecule has 1 saturated heterocycles. The van der Waals surface area contributed by atoms with E-state index in [9.17, 15) is 18.0 Å². The molecule has 0 unspecified atom stereocenters. The van der Waals surface area contributed by atoms with Gasteiger partial charge in [-0.15, -0.1) is 11.8 Å². The van der Waals surface area contributed by atoms with Crippen LogP contribution in [0.25, 0.3) is 0 Å². The van der Waals surface area contributed by atoms with Crippen LogP contribution in [0.4, 0.5) is 0 Å². The van der Waals surface area contributed by atoms with E-state index in [0.717, 1.165) is 11.0 Å². The number of amides is 1. The molecular weight excluding hydrogens is 408 g/mol. The van der Waals surface area contributed by atoms with Crippen LogP contribution in [-0.2, 0) is 19.4 Å². The van der Waals surface area contributed by atoms with Gasteiger partial charge >= 0.3 is 0 Å². The summed E-state index contributed by atoms with van der Waals surface area (Å²) < 4.78 is 25.5. The van der Waals surface area contributed by atoms with Gasteiger partial charge in [0.1, 0.15) is 5.94 Å². The molecule has 8 heteroatoms. The number of hydrogen-bond acceptors (Lipinski definition) is 6. The summed E-state index contributed by atoms with van der Waals surface area (Å²) in [5, 5.41) is 6.29. The van der Waals surface area contributed by atoms with Gasteiger partial charge in [-0.1, -0.05) is 19.3 Å². The molecule has 0 radical (unpaired) electrons. The Labute approximate surface area is 176 Å². The molecule has 0 atom stereocenters. The highest BCUT2D eigenvalue weighted by atomic mass is 32.2. The van der Waals surface area contributed by atoms with Gasteiger partial charge < -0.3 is 10.6 Å². The summed E-state index contributed by atoms with van der Waals surface area (Å²) in [6.45, 7) is 0.877. The number of benzene rings is 1. The summed E-state index contributed by atoms with van der Waals surface area (Å²) in [4.78, 5) is 24.5. The first-order valence-electron chi connectivity index (χ1n) is 10.2. The van der Waals surface area contributed by atoms with E-state index in [0.29, 0.717) is 18.3 Å². The number of carbonyl (C=O) groups excluding carboxylic acids is 2. The number of hydrogen-bond donors (Lipinski definition) is 2. The highest BCUT2D eigenvalue weighted by molar-refractivity contribution is 8.00. The molecule has 1 aromatic rings. The maximum absolute atomic E-state index is 13.5. The van der Waals surface area contributed by atoms with Crippen LogP contribution < -0.4 is 10.6 Å². The largest absolute Gasteiger partial charge is 0.350 e. The first-order chi connectivity index (χ1) is 14.0. The first kappa shape index (κ1) is 22.1. The quantitative estimate of drug-likeness (QED) is 0.638. The third kappa shape index (κ3) is 4.94. The van der Waals surface area contributed by atoms with E-state index in [1.807, 2.05) is 23.9 Å². The van der Waals surface area contributed by atoms with Crippen LogP contribution in [0, 0.1) is 0 Å². The van der Waals surface area contributed by atoms with Crippen molar-refractivity contribution < 1.29 is 18.0 Å². The predicted octanol–water partition coefficient (Wildman–Crippen LogP) is 2.51. The predicted molar refractivity (Wildman–Crippen MR) is 114 cm³/mol. The number of piperidine rings is 1. The second kappa shape index (κ2) is 9.94. The molecule has 158 valence electrons. The van der Waals surface area contributed by atoms with Crippen LogP contribution in [0.3, 0.4) is 0 Å². The topological polar surface area (TPSA) is 92.3 Å². The number of sulfone groups is 1. The summed E-state index contributed by atoms with van der Waals surface area (Å²) in [6.07, 6.45) is 7.76. The van der Waals surface area contributed by atoms with E-state index in [-0.39, 0.29) is 24.3 Å². The molecule has 0 aromatic heterocycles. The third-order valence-electron chi connectivity index (χ3n) is 5.78. The van der Waals surface area contributed by atoms with E-state index in [2.05, 4.69) is 10.6 Å². The third-order valence-corrected chi connectivity index (χ3v) is 9.64. The number of thioether (sulfide) groups is 1. The molecule has 6 nitrogen and oxygen atoms in total. The minimum atomic E-state index is -3.88. The lowest BCUT2D eigenvalue weighted by atomic mass is 9.96. The molecule has 1 amide bonds.